The second kappa shape index (κ2) is 3.34. The highest BCUT2D eigenvalue weighted by molar-refractivity contribution is 5.96. The van der Waals surface area contributed by atoms with Crippen molar-refractivity contribution in [3.8, 4) is 0 Å². The first kappa shape index (κ1) is 9.37. The monoisotopic (exact) mass is 183 g/mol. The van der Waals surface area contributed by atoms with Crippen LogP contribution in [0, 0.1) is 10.1 Å². The largest absolute Gasteiger partial charge is 0.317 e. The summed E-state index contributed by atoms with van der Waals surface area (Å²) in [4.78, 5) is 20.9. The second-order valence-electron chi connectivity index (χ2n) is 2.51. The first-order valence-electron chi connectivity index (χ1n) is 3.79. The minimum Gasteiger partial charge on any atom is -0.292 e. The van der Waals surface area contributed by atoms with Crippen LogP contribution >= 0.6 is 0 Å². The van der Waals surface area contributed by atoms with Gasteiger partial charge in [0.2, 0.25) is 0 Å². The molecule has 0 bridgehead atoms. The lowest BCUT2D eigenvalue weighted by molar-refractivity contribution is -0.385. The van der Waals surface area contributed by atoms with Gasteiger partial charge >= 0.3 is 5.69 Å². The van der Waals surface area contributed by atoms with Gasteiger partial charge in [-0.1, -0.05) is 0 Å². The van der Waals surface area contributed by atoms with Crippen molar-refractivity contribution >= 4 is 11.5 Å². The first-order chi connectivity index (χ1) is 6.07. The number of carbonyl (C=O) groups excluding carboxylic acids is 1. The summed E-state index contributed by atoms with van der Waals surface area (Å²) in [5.41, 5.74) is -0.165. The van der Waals surface area contributed by atoms with E-state index in [-0.39, 0.29) is 17.2 Å². The van der Waals surface area contributed by atoms with Gasteiger partial charge < -0.3 is 0 Å². The summed E-state index contributed by atoms with van der Waals surface area (Å²) in [6.45, 7) is 3.50. The van der Waals surface area contributed by atoms with Crippen molar-refractivity contribution in [1.29, 1.82) is 0 Å². The zero-order chi connectivity index (χ0) is 10.0. The van der Waals surface area contributed by atoms with Crippen LogP contribution in [-0.2, 0) is 6.54 Å². The molecule has 13 heavy (non-hydrogen) atoms. The molecule has 0 aliphatic carbocycles. The lowest BCUT2D eigenvalue weighted by Gasteiger charge is -1.98. The van der Waals surface area contributed by atoms with E-state index in [0.717, 1.165) is 6.20 Å². The maximum absolute atomic E-state index is 11.0. The summed E-state index contributed by atoms with van der Waals surface area (Å²) in [5.74, 6) is -0.342. The van der Waals surface area contributed by atoms with Gasteiger partial charge in [0, 0.05) is 13.5 Å². The third-order valence-corrected chi connectivity index (χ3v) is 1.65. The summed E-state index contributed by atoms with van der Waals surface area (Å²) in [6, 6.07) is 0. The molecule has 0 radical (unpaired) electrons. The highest BCUT2D eigenvalue weighted by Gasteiger charge is 2.22. The molecule has 0 amide bonds. The minimum atomic E-state index is -0.601. The van der Waals surface area contributed by atoms with Crippen molar-refractivity contribution in [3.05, 3.63) is 22.0 Å². The van der Waals surface area contributed by atoms with Gasteiger partial charge in [-0.25, -0.2) is 0 Å². The van der Waals surface area contributed by atoms with Gasteiger partial charge in [0.1, 0.15) is 6.20 Å². The van der Waals surface area contributed by atoms with E-state index in [4.69, 9.17) is 0 Å². The van der Waals surface area contributed by atoms with Crippen LogP contribution in [-0.4, -0.2) is 20.5 Å². The molecule has 6 nitrogen and oxygen atoms in total. The van der Waals surface area contributed by atoms with E-state index in [9.17, 15) is 14.9 Å². The number of Topliss-reactive ketones (excluding diaryl/α,β-unsaturated/α-hetero) is 1. The number of hydrogen-bond donors (Lipinski definition) is 0. The number of aryl methyl sites for hydroxylation is 1. The van der Waals surface area contributed by atoms with E-state index >= 15 is 0 Å². The molecule has 0 spiro atoms. The molecule has 6 heteroatoms. The summed E-state index contributed by atoms with van der Waals surface area (Å²) < 4.78 is 1.32. The molecule has 0 saturated heterocycles. The van der Waals surface area contributed by atoms with Gasteiger partial charge in [-0.05, 0) is 6.92 Å². The molecule has 0 atom stereocenters. The molecule has 70 valence electrons. The molecule has 0 saturated carbocycles. The Balaban J connectivity index is 3.30. The van der Waals surface area contributed by atoms with E-state index < -0.39 is 4.92 Å². The summed E-state index contributed by atoms with van der Waals surface area (Å²) in [7, 11) is 0. The number of nitrogens with zero attached hydrogens (tertiary/aromatic N) is 3. The topological polar surface area (TPSA) is 78.0 Å². The Kier molecular flexibility index (Phi) is 2.41. The molecule has 0 aliphatic heterocycles. The smallest absolute Gasteiger partial charge is 0.292 e. The zero-order valence-electron chi connectivity index (χ0n) is 7.35. The quantitative estimate of drug-likeness (QED) is 0.398. The molecule has 1 rings (SSSR count). The van der Waals surface area contributed by atoms with E-state index in [1.807, 2.05) is 0 Å². The molecule has 0 N–H and O–H groups in total. The average molecular weight is 183 g/mol. The zero-order valence-corrected chi connectivity index (χ0v) is 7.35. The average Bonchev–Trinajstić information content (AvgIpc) is 2.46. The Morgan fingerprint density at radius 2 is 2.38 bits per heavy atom. The number of carbonyl (C=O) groups is 1. The molecular weight excluding hydrogens is 174 g/mol. The maximum atomic E-state index is 11.0. The summed E-state index contributed by atoms with van der Waals surface area (Å²) in [6.07, 6.45) is 1.10. The first-order valence-corrected chi connectivity index (χ1v) is 3.79. The number of ketones is 1. The molecule has 1 heterocycles. The van der Waals surface area contributed by atoms with Gasteiger partial charge in [0.25, 0.3) is 0 Å². The molecule has 0 fully saturated rings. The number of hydrogen-bond acceptors (Lipinski definition) is 4. The molecule has 1 aromatic heterocycles. The van der Waals surface area contributed by atoms with Crippen LogP contribution in [0.1, 0.15) is 24.3 Å². The second-order valence-corrected chi connectivity index (χ2v) is 2.51. The fourth-order valence-electron chi connectivity index (χ4n) is 1.11. The van der Waals surface area contributed by atoms with Crippen molar-refractivity contribution in [3.63, 3.8) is 0 Å². The standard InChI is InChI=1S/C7H9N3O3/c1-3-9-7(5(2)11)6(4-8-9)10(12)13/h4H,3H2,1-2H3. The Labute approximate surface area is 74.3 Å². The van der Waals surface area contributed by atoms with Gasteiger partial charge in [-0.15, -0.1) is 0 Å². The lowest BCUT2D eigenvalue weighted by atomic mass is 10.3. The Bertz CT molecular complexity index is 356. The van der Waals surface area contributed by atoms with Crippen molar-refractivity contribution in [1.82, 2.24) is 9.78 Å². The summed E-state index contributed by atoms with van der Waals surface area (Å²) in [5, 5.41) is 14.2. The van der Waals surface area contributed by atoms with Crippen LogP contribution < -0.4 is 0 Å². The Morgan fingerprint density at radius 3 is 2.77 bits per heavy atom. The predicted molar refractivity (Wildman–Crippen MR) is 44.6 cm³/mol. The number of nitro groups is 1. The minimum absolute atomic E-state index is 0.0625. The Morgan fingerprint density at radius 1 is 1.77 bits per heavy atom. The fourth-order valence-corrected chi connectivity index (χ4v) is 1.11. The van der Waals surface area contributed by atoms with Crippen LogP contribution in [0.15, 0.2) is 6.20 Å². The van der Waals surface area contributed by atoms with Crippen LogP contribution in [0.5, 0.6) is 0 Å². The maximum Gasteiger partial charge on any atom is 0.317 e. The normalized spacial score (nSPS) is 10.0. The van der Waals surface area contributed by atoms with E-state index in [1.54, 1.807) is 6.92 Å². The highest BCUT2D eigenvalue weighted by Crippen LogP contribution is 2.17. The van der Waals surface area contributed by atoms with Crippen LogP contribution in [0.4, 0.5) is 5.69 Å². The molecule has 0 unspecified atom stereocenters. The van der Waals surface area contributed by atoms with E-state index in [2.05, 4.69) is 5.10 Å². The van der Waals surface area contributed by atoms with Gasteiger partial charge in [0.15, 0.2) is 11.5 Å². The highest BCUT2D eigenvalue weighted by atomic mass is 16.6. The van der Waals surface area contributed by atoms with Gasteiger partial charge in [-0.3, -0.25) is 19.6 Å². The van der Waals surface area contributed by atoms with Gasteiger partial charge in [0.05, 0.1) is 4.92 Å². The Hall–Kier alpha value is -1.72. The predicted octanol–water partition coefficient (Wildman–Crippen LogP) is 1.01. The SMILES string of the molecule is CCn1ncc([N+](=O)[O-])c1C(C)=O. The van der Waals surface area contributed by atoms with Gasteiger partial charge in [-0.2, -0.15) is 5.10 Å². The van der Waals surface area contributed by atoms with Crippen molar-refractivity contribution in [2.45, 2.75) is 20.4 Å². The number of aromatic nitrogens is 2. The molecule has 0 aliphatic rings. The van der Waals surface area contributed by atoms with Crippen molar-refractivity contribution in [2.24, 2.45) is 0 Å². The third kappa shape index (κ3) is 1.56. The molecule has 0 aromatic carbocycles. The molecular formula is C7H9N3O3. The van der Waals surface area contributed by atoms with Crippen molar-refractivity contribution in [2.75, 3.05) is 0 Å². The van der Waals surface area contributed by atoms with E-state index in [0.29, 0.717) is 6.54 Å². The van der Waals surface area contributed by atoms with E-state index in [1.165, 1.54) is 11.6 Å². The van der Waals surface area contributed by atoms with Crippen LogP contribution in [0.2, 0.25) is 0 Å². The van der Waals surface area contributed by atoms with Crippen LogP contribution in [0.3, 0.4) is 0 Å². The summed E-state index contributed by atoms with van der Waals surface area (Å²) >= 11 is 0. The number of rotatable bonds is 3. The van der Waals surface area contributed by atoms with Crippen molar-refractivity contribution < 1.29 is 9.72 Å². The van der Waals surface area contributed by atoms with Crippen LogP contribution in [0.25, 0.3) is 0 Å². The fraction of sp³-hybridized carbons (Fsp3) is 0.429. The molecule has 1 aromatic rings. The third-order valence-electron chi connectivity index (χ3n) is 1.65. The lowest BCUT2D eigenvalue weighted by Crippen LogP contribution is -2.08.